The van der Waals surface area contributed by atoms with Crippen LogP contribution in [0.2, 0.25) is 5.28 Å². The molecule has 124 valence electrons. The lowest BCUT2D eigenvalue weighted by molar-refractivity contribution is -0.137. The van der Waals surface area contributed by atoms with Crippen molar-refractivity contribution in [2.75, 3.05) is 25.1 Å². The molecule has 1 aliphatic rings. The van der Waals surface area contributed by atoms with Gasteiger partial charge in [0.25, 0.3) is 0 Å². The second kappa shape index (κ2) is 6.69. The van der Waals surface area contributed by atoms with Crippen molar-refractivity contribution in [1.29, 1.82) is 0 Å². The van der Waals surface area contributed by atoms with E-state index < -0.39 is 5.97 Å². The molecule has 2 N–H and O–H groups in total. The maximum absolute atomic E-state index is 10.9. The fourth-order valence-electron chi connectivity index (χ4n) is 2.65. The Morgan fingerprint density at radius 2 is 2.39 bits per heavy atom. The fraction of sp³-hybridized carbons (Fsp3) is 0.500. The normalized spacial score (nSPS) is 21.0. The molecule has 0 bridgehead atoms. The molecule has 0 amide bonds. The van der Waals surface area contributed by atoms with Gasteiger partial charge in [-0.1, -0.05) is 0 Å². The Hall–Kier alpha value is -1.90. The van der Waals surface area contributed by atoms with Crippen molar-refractivity contribution >= 4 is 34.4 Å². The molecule has 0 aromatic carbocycles. The second-order valence-electron chi connectivity index (χ2n) is 5.20. The van der Waals surface area contributed by atoms with Crippen molar-refractivity contribution in [2.24, 2.45) is 0 Å². The molecule has 2 atom stereocenters. The predicted molar refractivity (Wildman–Crippen MR) is 83.8 cm³/mol. The van der Waals surface area contributed by atoms with Crippen LogP contribution in [0.1, 0.15) is 6.92 Å². The molecule has 1 fully saturated rings. The third-order valence-electron chi connectivity index (χ3n) is 3.63. The number of hydrogen-bond acceptors (Lipinski definition) is 6. The number of nitrogens with zero attached hydrogens (tertiary/aromatic N) is 3. The van der Waals surface area contributed by atoms with Crippen molar-refractivity contribution in [3.05, 3.63) is 17.5 Å². The average molecular weight is 341 g/mol. The molecule has 9 heteroatoms. The van der Waals surface area contributed by atoms with Gasteiger partial charge in [0.2, 0.25) is 5.28 Å². The molecular formula is C14H17ClN4O4. The zero-order valence-electron chi connectivity index (χ0n) is 12.5. The minimum absolute atomic E-state index is 0.0491. The molecule has 23 heavy (non-hydrogen) atoms. The first-order valence-corrected chi connectivity index (χ1v) is 7.66. The first-order chi connectivity index (χ1) is 11.1. The number of carboxylic acid groups (broad SMARTS) is 1. The van der Waals surface area contributed by atoms with Gasteiger partial charge in [-0.2, -0.15) is 4.98 Å². The number of fused-ring (bicyclic) bond motifs is 1. The molecule has 0 saturated carbocycles. The van der Waals surface area contributed by atoms with Crippen LogP contribution < -0.4 is 5.32 Å². The molecule has 0 radical (unpaired) electrons. The summed E-state index contributed by atoms with van der Waals surface area (Å²) in [5, 5.41) is 13.0. The Morgan fingerprint density at radius 1 is 1.57 bits per heavy atom. The second-order valence-corrected chi connectivity index (χ2v) is 5.54. The molecule has 1 saturated heterocycles. The van der Waals surface area contributed by atoms with E-state index in [-0.39, 0.29) is 24.0 Å². The SMILES string of the molecule is CCO[C@@H]1COC[C@H]1Nc1nc(Cl)nc2c1ccn2CC(=O)O. The first kappa shape index (κ1) is 16.0. The number of hydrogen-bond donors (Lipinski definition) is 2. The van der Waals surface area contributed by atoms with Crippen molar-refractivity contribution in [1.82, 2.24) is 14.5 Å². The summed E-state index contributed by atoms with van der Waals surface area (Å²) in [7, 11) is 0. The molecule has 3 rings (SSSR count). The highest BCUT2D eigenvalue weighted by Gasteiger charge is 2.29. The van der Waals surface area contributed by atoms with E-state index in [1.165, 1.54) is 4.57 Å². The zero-order valence-corrected chi connectivity index (χ0v) is 13.3. The first-order valence-electron chi connectivity index (χ1n) is 7.28. The molecule has 0 aliphatic carbocycles. The van der Waals surface area contributed by atoms with Crippen LogP contribution in [0.5, 0.6) is 0 Å². The average Bonchev–Trinajstić information content (AvgIpc) is 3.07. The summed E-state index contributed by atoms with van der Waals surface area (Å²) in [6.45, 7) is 3.36. The summed E-state index contributed by atoms with van der Waals surface area (Å²) in [6.07, 6.45) is 1.59. The van der Waals surface area contributed by atoms with E-state index in [1.807, 2.05) is 6.92 Å². The highest BCUT2D eigenvalue weighted by molar-refractivity contribution is 6.28. The summed E-state index contributed by atoms with van der Waals surface area (Å²) >= 11 is 5.99. The van der Waals surface area contributed by atoms with Crippen LogP contribution in [0.3, 0.4) is 0 Å². The molecule has 2 aromatic heterocycles. The highest BCUT2D eigenvalue weighted by Crippen LogP contribution is 2.25. The van der Waals surface area contributed by atoms with Crippen LogP contribution in [0.25, 0.3) is 11.0 Å². The Kier molecular flexibility index (Phi) is 4.65. The summed E-state index contributed by atoms with van der Waals surface area (Å²) in [6, 6.07) is 1.72. The minimum Gasteiger partial charge on any atom is -0.480 e. The third kappa shape index (κ3) is 3.39. The number of aliphatic carboxylic acids is 1. The van der Waals surface area contributed by atoms with Crippen molar-refractivity contribution in [2.45, 2.75) is 25.6 Å². The fourth-order valence-corrected chi connectivity index (χ4v) is 2.81. The number of anilines is 1. The zero-order chi connectivity index (χ0) is 16.4. The summed E-state index contributed by atoms with van der Waals surface area (Å²) in [5.41, 5.74) is 0.474. The van der Waals surface area contributed by atoms with Gasteiger partial charge < -0.3 is 24.5 Å². The van der Waals surface area contributed by atoms with E-state index in [0.29, 0.717) is 36.7 Å². The molecule has 1 aliphatic heterocycles. The molecule has 3 heterocycles. The van der Waals surface area contributed by atoms with Crippen LogP contribution in [-0.2, 0) is 20.8 Å². The van der Waals surface area contributed by atoms with E-state index in [9.17, 15) is 4.79 Å². The molecule has 0 spiro atoms. The van der Waals surface area contributed by atoms with Gasteiger partial charge in [0, 0.05) is 12.8 Å². The van der Waals surface area contributed by atoms with Crippen LogP contribution in [0.15, 0.2) is 12.3 Å². The number of halogens is 1. The Morgan fingerprint density at radius 3 is 3.13 bits per heavy atom. The van der Waals surface area contributed by atoms with Crippen LogP contribution in [0.4, 0.5) is 5.82 Å². The van der Waals surface area contributed by atoms with E-state index >= 15 is 0 Å². The molecular weight excluding hydrogens is 324 g/mol. The lowest BCUT2D eigenvalue weighted by atomic mass is 10.2. The largest absolute Gasteiger partial charge is 0.480 e. The monoisotopic (exact) mass is 340 g/mol. The van der Waals surface area contributed by atoms with Crippen LogP contribution >= 0.6 is 11.6 Å². The third-order valence-corrected chi connectivity index (χ3v) is 3.80. The standard InChI is InChI=1S/C14H17ClN4O4/c1-2-23-10-7-22-6-9(10)16-12-8-3-4-19(5-11(20)21)13(8)18-14(15)17-12/h3-4,9-10H,2,5-7H2,1H3,(H,20,21)(H,16,17,18)/t9-,10-/m1/s1. The van der Waals surface area contributed by atoms with Gasteiger partial charge in [0.05, 0.1) is 24.6 Å². The maximum atomic E-state index is 10.9. The Balaban J connectivity index is 1.91. The lowest BCUT2D eigenvalue weighted by Gasteiger charge is -2.19. The lowest BCUT2D eigenvalue weighted by Crippen LogP contribution is -2.34. The Bertz CT molecular complexity index is 720. The summed E-state index contributed by atoms with van der Waals surface area (Å²) in [5.74, 6) is -0.406. The molecule has 8 nitrogen and oxygen atoms in total. The molecule has 0 unspecified atom stereocenters. The highest BCUT2D eigenvalue weighted by atomic mass is 35.5. The van der Waals surface area contributed by atoms with Gasteiger partial charge in [0.15, 0.2) is 0 Å². The quantitative estimate of drug-likeness (QED) is 0.766. The number of aromatic nitrogens is 3. The van der Waals surface area contributed by atoms with Gasteiger partial charge >= 0.3 is 5.97 Å². The van der Waals surface area contributed by atoms with E-state index in [0.717, 1.165) is 0 Å². The maximum Gasteiger partial charge on any atom is 0.323 e. The number of ether oxygens (including phenoxy) is 2. The Labute approximate surface area is 137 Å². The number of carbonyl (C=O) groups is 1. The summed E-state index contributed by atoms with van der Waals surface area (Å²) in [4.78, 5) is 19.3. The summed E-state index contributed by atoms with van der Waals surface area (Å²) < 4.78 is 12.6. The van der Waals surface area contributed by atoms with Crippen LogP contribution in [-0.4, -0.2) is 57.6 Å². The van der Waals surface area contributed by atoms with Crippen molar-refractivity contribution in [3.8, 4) is 0 Å². The van der Waals surface area contributed by atoms with Crippen LogP contribution in [0, 0.1) is 0 Å². The number of rotatable bonds is 6. The van der Waals surface area contributed by atoms with E-state index in [4.69, 9.17) is 26.2 Å². The number of nitrogens with one attached hydrogen (secondary N) is 1. The predicted octanol–water partition coefficient (Wildman–Crippen LogP) is 1.39. The smallest absolute Gasteiger partial charge is 0.323 e. The van der Waals surface area contributed by atoms with Gasteiger partial charge in [-0.05, 0) is 24.6 Å². The van der Waals surface area contributed by atoms with Crippen molar-refractivity contribution in [3.63, 3.8) is 0 Å². The minimum atomic E-state index is -0.952. The van der Waals surface area contributed by atoms with Gasteiger partial charge in [-0.25, -0.2) is 4.98 Å². The number of carboxylic acids is 1. The molecule has 2 aromatic rings. The van der Waals surface area contributed by atoms with E-state index in [2.05, 4.69) is 15.3 Å². The van der Waals surface area contributed by atoms with E-state index in [1.54, 1.807) is 12.3 Å². The van der Waals surface area contributed by atoms with Gasteiger partial charge in [0.1, 0.15) is 24.1 Å². The van der Waals surface area contributed by atoms with Gasteiger partial charge in [-0.3, -0.25) is 4.79 Å². The van der Waals surface area contributed by atoms with Gasteiger partial charge in [-0.15, -0.1) is 0 Å². The topological polar surface area (TPSA) is 98.5 Å². The van der Waals surface area contributed by atoms with Crippen molar-refractivity contribution < 1.29 is 19.4 Å².